The quantitative estimate of drug-likeness (QED) is 0.608. The van der Waals surface area contributed by atoms with Gasteiger partial charge < -0.3 is 10.4 Å². The van der Waals surface area contributed by atoms with Gasteiger partial charge in [-0.2, -0.15) is 0 Å². The molecule has 0 heterocycles. The van der Waals surface area contributed by atoms with Crippen LogP contribution in [0, 0.1) is 11.8 Å². The second kappa shape index (κ2) is 8.63. The first-order chi connectivity index (χ1) is 10.6. The summed E-state index contributed by atoms with van der Waals surface area (Å²) in [6.45, 7) is 5.81. The van der Waals surface area contributed by atoms with E-state index in [-0.39, 0.29) is 18.4 Å². The molecule has 0 aromatic heterocycles. The Morgan fingerprint density at radius 1 is 1.17 bits per heavy atom. The molecule has 0 bridgehead atoms. The van der Waals surface area contributed by atoms with E-state index in [9.17, 15) is 18.0 Å². The summed E-state index contributed by atoms with van der Waals surface area (Å²) in [7, 11) is -3.75. The maximum atomic E-state index is 12.0. The predicted octanol–water partition coefficient (Wildman–Crippen LogP) is 1.10. The molecule has 1 rings (SSSR count). The van der Waals surface area contributed by atoms with E-state index in [4.69, 9.17) is 5.11 Å². The lowest BCUT2D eigenvalue weighted by Gasteiger charge is -2.26. The fraction of sp³-hybridized carbons (Fsp3) is 0.867. The Hall–Kier alpha value is -1.15. The maximum absolute atomic E-state index is 12.0. The number of carbonyl (C=O) groups is 2. The van der Waals surface area contributed by atoms with Crippen molar-refractivity contribution in [1.82, 2.24) is 10.0 Å². The largest absolute Gasteiger partial charge is 0.480 e. The molecule has 3 N–H and O–H groups in total. The molecule has 1 fully saturated rings. The zero-order valence-electron chi connectivity index (χ0n) is 14.0. The fourth-order valence-corrected chi connectivity index (χ4v) is 4.03. The van der Waals surface area contributed by atoms with Gasteiger partial charge in [0.15, 0.2) is 0 Å². The third-order valence-electron chi connectivity index (χ3n) is 4.02. The summed E-state index contributed by atoms with van der Waals surface area (Å²) in [4.78, 5) is 23.0. The molecule has 134 valence electrons. The number of aliphatic carboxylic acids is 1. The molecule has 23 heavy (non-hydrogen) atoms. The van der Waals surface area contributed by atoms with Crippen molar-refractivity contribution in [3.05, 3.63) is 0 Å². The van der Waals surface area contributed by atoms with E-state index in [0.717, 1.165) is 25.7 Å². The molecule has 0 spiro atoms. The third kappa shape index (κ3) is 7.78. The Labute approximate surface area is 138 Å². The van der Waals surface area contributed by atoms with E-state index in [2.05, 4.69) is 17.0 Å². The van der Waals surface area contributed by atoms with Gasteiger partial charge in [-0.25, -0.2) is 17.9 Å². The molecule has 0 radical (unpaired) electrons. The van der Waals surface area contributed by atoms with Gasteiger partial charge in [0.2, 0.25) is 15.9 Å². The number of carboxylic acid groups (broad SMARTS) is 1. The van der Waals surface area contributed by atoms with Crippen molar-refractivity contribution in [2.75, 3.05) is 5.75 Å². The number of sulfonamides is 1. The van der Waals surface area contributed by atoms with Gasteiger partial charge in [-0.05, 0) is 43.9 Å². The van der Waals surface area contributed by atoms with Crippen molar-refractivity contribution in [1.29, 1.82) is 0 Å². The Bertz CT molecular complexity index is 510. The minimum absolute atomic E-state index is 0.0790. The van der Waals surface area contributed by atoms with E-state index in [1.807, 2.05) is 13.8 Å². The molecule has 1 atom stereocenters. The van der Waals surface area contributed by atoms with Crippen LogP contribution in [0.15, 0.2) is 0 Å². The van der Waals surface area contributed by atoms with Crippen molar-refractivity contribution in [2.24, 2.45) is 11.8 Å². The molecule has 0 saturated heterocycles. The first kappa shape index (κ1) is 19.9. The first-order valence-electron chi connectivity index (χ1n) is 8.11. The van der Waals surface area contributed by atoms with Crippen molar-refractivity contribution in [3.8, 4) is 0 Å². The van der Waals surface area contributed by atoms with Crippen LogP contribution in [0.25, 0.3) is 0 Å². The second-order valence-corrected chi connectivity index (χ2v) is 8.68. The van der Waals surface area contributed by atoms with Gasteiger partial charge in [0, 0.05) is 6.04 Å². The zero-order chi connectivity index (χ0) is 17.6. The Kier molecular flexibility index (Phi) is 7.47. The summed E-state index contributed by atoms with van der Waals surface area (Å²) in [5, 5.41) is 11.4. The van der Waals surface area contributed by atoms with Crippen LogP contribution in [0.2, 0.25) is 0 Å². The lowest BCUT2D eigenvalue weighted by molar-refractivity contribution is -0.142. The summed E-state index contributed by atoms with van der Waals surface area (Å²) < 4.78 is 26.6. The summed E-state index contributed by atoms with van der Waals surface area (Å²) in [6.07, 6.45) is 3.74. The van der Waals surface area contributed by atoms with Crippen molar-refractivity contribution in [3.63, 3.8) is 0 Å². The maximum Gasteiger partial charge on any atom is 0.326 e. The zero-order valence-corrected chi connectivity index (χ0v) is 14.9. The highest BCUT2D eigenvalue weighted by Gasteiger charge is 2.27. The molecular weight excluding hydrogens is 320 g/mol. The van der Waals surface area contributed by atoms with Gasteiger partial charge in [0.25, 0.3) is 0 Å². The number of nitrogens with one attached hydrogen (secondary N) is 2. The van der Waals surface area contributed by atoms with Crippen molar-refractivity contribution in [2.45, 2.75) is 65.0 Å². The van der Waals surface area contributed by atoms with Gasteiger partial charge in [0.1, 0.15) is 11.8 Å². The first-order valence-corrected chi connectivity index (χ1v) is 9.76. The molecule has 0 aliphatic heterocycles. The van der Waals surface area contributed by atoms with Crippen LogP contribution in [-0.2, 0) is 19.6 Å². The van der Waals surface area contributed by atoms with Gasteiger partial charge >= 0.3 is 5.97 Å². The number of hydrogen-bond donors (Lipinski definition) is 3. The molecule has 1 unspecified atom stereocenters. The fourth-order valence-electron chi connectivity index (χ4n) is 2.77. The lowest BCUT2D eigenvalue weighted by Crippen LogP contribution is -2.47. The monoisotopic (exact) mass is 348 g/mol. The lowest BCUT2D eigenvalue weighted by atomic mass is 9.88. The number of hydrogen-bond acceptors (Lipinski definition) is 4. The Morgan fingerprint density at radius 3 is 2.22 bits per heavy atom. The van der Waals surface area contributed by atoms with Crippen LogP contribution in [0.4, 0.5) is 0 Å². The van der Waals surface area contributed by atoms with Crippen LogP contribution >= 0.6 is 0 Å². The number of rotatable bonds is 8. The van der Waals surface area contributed by atoms with Gasteiger partial charge in [0.05, 0.1) is 0 Å². The number of amides is 1. The van der Waals surface area contributed by atoms with Gasteiger partial charge in [-0.1, -0.05) is 20.8 Å². The highest BCUT2D eigenvalue weighted by molar-refractivity contribution is 7.90. The van der Waals surface area contributed by atoms with E-state index in [1.54, 1.807) is 0 Å². The molecule has 8 heteroatoms. The molecule has 7 nitrogen and oxygen atoms in total. The third-order valence-corrected chi connectivity index (χ3v) is 5.36. The Morgan fingerprint density at radius 2 is 1.74 bits per heavy atom. The normalized spacial score (nSPS) is 23.5. The van der Waals surface area contributed by atoms with Crippen LogP contribution < -0.4 is 10.0 Å². The molecule has 1 aliphatic rings. The summed E-state index contributed by atoms with van der Waals surface area (Å²) in [5.41, 5.74) is 0. The van der Waals surface area contributed by atoms with E-state index >= 15 is 0 Å². The summed E-state index contributed by atoms with van der Waals surface area (Å²) in [5.74, 6) is -1.99. The SMILES string of the molecule is CC(C)CC(NC(=O)CS(=O)(=O)NC1CCC(C)CC1)C(=O)O. The number of carbonyl (C=O) groups excluding carboxylic acids is 1. The van der Waals surface area contributed by atoms with E-state index in [1.165, 1.54) is 0 Å². The summed E-state index contributed by atoms with van der Waals surface area (Å²) in [6, 6.07) is -1.19. The molecule has 1 saturated carbocycles. The summed E-state index contributed by atoms with van der Waals surface area (Å²) >= 11 is 0. The smallest absolute Gasteiger partial charge is 0.326 e. The number of carboxylic acids is 1. The van der Waals surface area contributed by atoms with Crippen molar-refractivity contribution < 1.29 is 23.1 Å². The average molecular weight is 348 g/mol. The van der Waals surface area contributed by atoms with Gasteiger partial charge in [-0.3, -0.25) is 4.79 Å². The predicted molar refractivity (Wildman–Crippen MR) is 87.4 cm³/mol. The van der Waals surface area contributed by atoms with Crippen LogP contribution in [0.1, 0.15) is 52.9 Å². The van der Waals surface area contributed by atoms with Gasteiger partial charge in [-0.15, -0.1) is 0 Å². The van der Waals surface area contributed by atoms with E-state index < -0.39 is 33.7 Å². The minimum atomic E-state index is -3.75. The second-order valence-electron chi connectivity index (χ2n) is 6.92. The van der Waals surface area contributed by atoms with Crippen LogP contribution in [0.5, 0.6) is 0 Å². The van der Waals surface area contributed by atoms with E-state index in [0.29, 0.717) is 5.92 Å². The molecule has 0 aromatic carbocycles. The highest BCUT2D eigenvalue weighted by Crippen LogP contribution is 2.23. The average Bonchev–Trinajstić information content (AvgIpc) is 2.39. The van der Waals surface area contributed by atoms with Crippen LogP contribution in [-0.4, -0.2) is 43.2 Å². The molecule has 1 aliphatic carbocycles. The molecule has 1 amide bonds. The minimum Gasteiger partial charge on any atom is -0.480 e. The highest BCUT2D eigenvalue weighted by atomic mass is 32.2. The van der Waals surface area contributed by atoms with Crippen LogP contribution in [0.3, 0.4) is 0 Å². The van der Waals surface area contributed by atoms with Crippen molar-refractivity contribution >= 4 is 21.9 Å². The standard InChI is InChI=1S/C15H28N2O5S/c1-10(2)8-13(15(19)20)16-14(18)9-23(21,22)17-12-6-4-11(3)5-7-12/h10-13,17H,4-9H2,1-3H3,(H,16,18)(H,19,20). The molecular formula is C15H28N2O5S. The Balaban J connectivity index is 2.52. The topological polar surface area (TPSA) is 113 Å². The molecule has 0 aromatic rings.